The number of amides is 3. The summed E-state index contributed by atoms with van der Waals surface area (Å²) in [4.78, 5) is 42.0. The quantitative estimate of drug-likeness (QED) is 0.258. The van der Waals surface area contributed by atoms with Crippen molar-refractivity contribution in [2.75, 3.05) is 13.1 Å². The lowest BCUT2D eigenvalue weighted by atomic mass is 9.93. The van der Waals surface area contributed by atoms with Gasteiger partial charge in [0.1, 0.15) is 5.60 Å². The Kier molecular flexibility index (Phi) is 7.91. The number of likely N-dealkylation sites (tertiary alicyclic amines) is 1. The van der Waals surface area contributed by atoms with Crippen LogP contribution in [0.15, 0.2) is 36.9 Å². The average Bonchev–Trinajstić information content (AvgIpc) is 3.26. The molecule has 1 fully saturated rings. The molecule has 0 radical (unpaired) electrons. The van der Waals surface area contributed by atoms with E-state index in [9.17, 15) is 14.4 Å². The van der Waals surface area contributed by atoms with E-state index in [1.165, 1.54) is 4.90 Å². The number of ether oxygens (including phenoxy) is 1. The molecular formula is C28H42N2O5Si. The van der Waals surface area contributed by atoms with Crippen LogP contribution in [0, 0.1) is 5.92 Å². The number of hydrogen-bond donors (Lipinski definition) is 0. The van der Waals surface area contributed by atoms with Crippen molar-refractivity contribution in [2.24, 2.45) is 5.92 Å². The van der Waals surface area contributed by atoms with Crippen LogP contribution < -0.4 is 0 Å². The topological polar surface area (TPSA) is 76.2 Å². The molecule has 2 aliphatic heterocycles. The second-order valence-electron chi connectivity index (χ2n) is 12.4. The molecule has 2 aliphatic rings. The van der Waals surface area contributed by atoms with Gasteiger partial charge in [-0.1, -0.05) is 39.0 Å². The van der Waals surface area contributed by atoms with Gasteiger partial charge in [-0.3, -0.25) is 14.5 Å². The van der Waals surface area contributed by atoms with Crippen LogP contribution in [0.4, 0.5) is 4.79 Å². The summed E-state index contributed by atoms with van der Waals surface area (Å²) in [7, 11) is -2.05. The Hall–Kier alpha value is -2.45. The smallest absolute Gasteiger partial charge is 0.410 e. The highest BCUT2D eigenvalue weighted by atomic mass is 28.4. The van der Waals surface area contributed by atoms with E-state index in [0.717, 1.165) is 0 Å². The summed E-state index contributed by atoms with van der Waals surface area (Å²) in [5.74, 6) is -0.671. The van der Waals surface area contributed by atoms with Gasteiger partial charge in [-0.2, -0.15) is 0 Å². The lowest BCUT2D eigenvalue weighted by Crippen LogP contribution is -2.45. The number of benzene rings is 1. The number of rotatable bonds is 7. The fourth-order valence-corrected chi connectivity index (χ4v) is 5.99. The van der Waals surface area contributed by atoms with Gasteiger partial charge in [-0.05, 0) is 69.8 Å². The molecule has 3 atom stereocenters. The highest BCUT2D eigenvalue weighted by molar-refractivity contribution is 6.74. The maximum Gasteiger partial charge on any atom is 0.410 e. The molecule has 1 aromatic carbocycles. The molecule has 7 nitrogen and oxygen atoms in total. The lowest BCUT2D eigenvalue weighted by Gasteiger charge is -2.38. The Labute approximate surface area is 216 Å². The molecule has 0 spiro atoms. The first-order valence-electron chi connectivity index (χ1n) is 12.8. The third kappa shape index (κ3) is 5.91. The van der Waals surface area contributed by atoms with Crippen molar-refractivity contribution in [1.29, 1.82) is 0 Å². The molecule has 0 aromatic heterocycles. The highest BCUT2D eigenvalue weighted by Crippen LogP contribution is 2.40. The van der Waals surface area contributed by atoms with Crippen molar-refractivity contribution in [3.63, 3.8) is 0 Å². The molecule has 1 unspecified atom stereocenters. The molecule has 1 aromatic rings. The number of imide groups is 1. The Morgan fingerprint density at radius 3 is 2.14 bits per heavy atom. The highest BCUT2D eigenvalue weighted by Gasteiger charge is 2.46. The van der Waals surface area contributed by atoms with E-state index in [1.54, 1.807) is 29.2 Å². The third-order valence-corrected chi connectivity index (χ3v) is 12.1. The van der Waals surface area contributed by atoms with Crippen LogP contribution in [0.2, 0.25) is 18.1 Å². The SMILES string of the molecule is C=CC(CCN1C(=O)c2ccccc2C1=O)[C@@H]1C[C@@H](O[Si](C)(C)C(C)(C)C)CN1C(=O)OC(C)(C)C. The summed E-state index contributed by atoms with van der Waals surface area (Å²) < 4.78 is 12.4. The Bertz CT molecular complexity index is 989. The number of carbonyl (C=O) groups excluding carboxylic acids is 3. The second kappa shape index (κ2) is 10.1. The Morgan fingerprint density at radius 2 is 1.67 bits per heavy atom. The predicted octanol–water partition coefficient (Wildman–Crippen LogP) is 5.87. The van der Waals surface area contributed by atoms with Crippen LogP contribution in [0.3, 0.4) is 0 Å². The van der Waals surface area contributed by atoms with Gasteiger partial charge >= 0.3 is 6.09 Å². The Balaban J connectivity index is 1.78. The zero-order valence-corrected chi connectivity index (χ0v) is 24.1. The lowest BCUT2D eigenvalue weighted by molar-refractivity contribution is 0.0173. The molecular weight excluding hydrogens is 472 g/mol. The minimum Gasteiger partial charge on any atom is -0.444 e. The van der Waals surface area contributed by atoms with Crippen molar-refractivity contribution in [3.05, 3.63) is 48.0 Å². The van der Waals surface area contributed by atoms with Gasteiger partial charge in [0.15, 0.2) is 8.32 Å². The van der Waals surface area contributed by atoms with Gasteiger partial charge in [0.25, 0.3) is 11.8 Å². The number of fused-ring (bicyclic) bond motifs is 1. The van der Waals surface area contributed by atoms with Crippen molar-refractivity contribution >= 4 is 26.2 Å². The first-order chi connectivity index (χ1) is 16.6. The fraction of sp³-hybridized carbons (Fsp3) is 0.607. The van der Waals surface area contributed by atoms with E-state index in [4.69, 9.17) is 9.16 Å². The van der Waals surface area contributed by atoms with Crippen molar-refractivity contribution in [2.45, 2.75) is 90.3 Å². The predicted molar refractivity (Wildman–Crippen MR) is 144 cm³/mol. The van der Waals surface area contributed by atoms with Crippen LogP contribution in [0.25, 0.3) is 0 Å². The zero-order chi connectivity index (χ0) is 27.1. The maximum atomic E-state index is 13.2. The van der Waals surface area contributed by atoms with E-state index in [1.807, 2.05) is 26.8 Å². The summed E-state index contributed by atoms with van der Waals surface area (Å²) in [5.41, 5.74) is 0.262. The minimum absolute atomic E-state index is 0.0468. The van der Waals surface area contributed by atoms with E-state index >= 15 is 0 Å². The van der Waals surface area contributed by atoms with Crippen LogP contribution in [-0.4, -0.2) is 66.9 Å². The van der Waals surface area contributed by atoms with Gasteiger partial charge < -0.3 is 14.1 Å². The van der Waals surface area contributed by atoms with Gasteiger partial charge in [-0.15, -0.1) is 6.58 Å². The molecule has 2 heterocycles. The van der Waals surface area contributed by atoms with E-state index in [0.29, 0.717) is 30.5 Å². The van der Waals surface area contributed by atoms with Crippen LogP contribution in [-0.2, 0) is 9.16 Å². The molecule has 36 heavy (non-hydrogen) atoms. The molecule has 0 bridgehead atoms. The minimum atomic E-state index is -2.05. The van der Waals surface area contributed by atoms with Gasteiger partial charge in [0, 0.05) is 19.1 Å². The van der Waals surface area contributed by atoms with Crippen molar-refractivity contribution in [1.82, 2.24) is 9.80 Å². The first kappa shape index (κ1) is 28.1. The van der Waals surface area contributed by atoms with Crippen molar-refractivity contribution in [3.8, 4) is 0 Å². The summed E-state index contributed by atoms with van der Waals surface area (Å²) in [6, 6.07) is 6.71. The van der Waals surface area contributed by atoms with Crippen LogP contribution in [0.1, 0.15) is 75.1 Å². The summed E-state index contributed by atoms with van der Waals surface area (Å²) >= 11 is 0. The van der Waals surface area contributed by atoms with Crippen LogP contribution >= 0.6 is 0 Å². The zero-order valence-electron chi connectivity index (χ0n) is 23.1. The summed E-state index contributed by atoms with van der Waals surface area (Å²) in [5, 5.41) is 0.0468. The standard InChI is InChI=1S/C28H42N2O5Si/c1-10-19(15-16-29-24(31)21-13-11-12-14-22(21)25(29)32)23-17-20(35-36(8,9)28(5,6)7)18-30(23)26(33)34-27(2,3)4/h10-14,19-20,23H,1,15-18H2,2-9H3/t19?,20-,23+/m1/s1. The molecule has 1 saturated heterocycles. The molecule has 8 heteroatoms. The number of hydrogen-bond acceptors (Lipinski definition) is 5. The van der Waals surface area contributed by atoms with E-state index in [2.05, 4.69) is 40.4 Å². The number of nitrogens with zero attached hydrogens (tertiary/aromatic N) is 2. The Morgan fingerprint density at radius 1 is 1.11 bits per heavy atom. The van der Waals surface area contributed by atoms with E-state index < -0.39 is 13.9 Å². The maximum absolute atomic E-state index is 13.2. The molecule has 0 N–H and O–H groups in total. The molecule has 198 valence electrons. The molecule has 0 saturated carbocycles. The van der Waals surface area contributed by atoms with E-state index in [-0.39, 0.29) is 47.6 Å². The molecule has 3 rings (SSSR count). The normalized spacial score (nSPS) is 21.6. The fourth-order valence-electron chi connectivity index (χ4n) is 4.63. The summed E-state index contributed by atoms with van der Waals surface area (Å²) in [6.07, 6.45) is 2.51. The van der Waals surface area contributed by atoms with Gasteiger partial charge in [0.2, 0.25) is 0 Å². The number of carbonyl (C=O) groups is 3. The van der Waals surface area contributed by atoms with Crippen LogP contribution in [0.5, 0.6) is 0 Å². The van der Waals surface area contributed by atoms with Gasteiger partial charge in [-0.25, -0.2) is 4.79 Å². The molecule has 0 aliphatic carbocycles. The average molecular weight is 515 g/mol. The largest absolute Gasteiger partial charge is 0.444 e. The summed E-state index contributed by atoms with van der Waals surface area (Å²) in [6.45, 7) is 21.3. The molecule has 3 amide bonds. The first-order valence-corrected chi connectivity index (χ1v) is 15.7. The third-order valence-electron chi connectivity index (χ3n) is 7.56. The second-order valence-corrected chi connectivity index (χ2v) is 17.2. The van der Waals surface area contributed by atoms with Gasteiger partial charge in [0.05, 0.1) is 17.2 Å². The monoisotopic (exact) mass is 514 g/mol. The van der Waals surface area contributed by atoms with Crippen molar-refractivity contribution < 1.29 is 23.5 Å².